The first-order valence-electron chi connectivity index (χ1n) is 6.53. The average molecular weight is 305 g/mol. The number of nitrogens with one attached hydrogen (secondary N) is 1. The van der Waals surface area contributed by atoms with Crippen molar-refractivity contribution < 1.29 is 9.47 Å². The summed E-state index contributed by atoms with van der Waals surface area (Å²) >= 11 is 1.69. The van der Waals surface area contributed by atoms with Crippen molar-refractivity contribution in [3.63, 3.8) is 0 Å². The molecule has 21 heavy (non-hydrogen) atoms. The molecule has 0 atom stereocenters. The highest BCUT2D eigenvalue weighted by Gasteiger charge is 2.10. The number of rotatable bonds is 7. The van der Waals surface area contributed by atoms with Crippen LogP contribution in [0.1, 0.15) is 11.3 Å². The Morgan fingerprint density at radius 3 is 2.52 bits per heavy atom. The minimum absolute atomic E-state index is 0.699. The first-order chi connectivity index (χ1) is 10.3. The molecular weight excluding hydrogens is 286 g/mol. The molecule has 1 aromatic carbocycles. The SMILES string of the molecule is COc1cc(CNCc2ccncn2)c(SC)cc1OC. The van der Waals surface area contributed by atoms with Gasteiger partial charge in [0.05, 0.1) is 19.9 Å². The molecular formula is C15H19N3O2S. The van der Waals surface area contributed by atoms with E-state index in [0.29, 0.717) is 6.54 Å². The second-order valence-corrected chi connectivity index (χ2v) is 5.17. The highest BCUT2D eigenvalue weighted by atomic mass is 32.2. The monoisotopic (exact) mass is 305 g/mol. The molecule has 0 saturated heterocycles. The van der Waals surface area contributed by atoms with Crippen LogP contribution in [0.3, 0.4) is 0 Å². The Morgan fingerprint density at radius 1 is 1.14 bits per heavy atom. The van der Waals surface area contributed by atoms with Gasteiger partial charge in [-0.2, -0.15) is 0 Å². The first kappa shape index (κ1) is 15.6. The van der Waals surface area contributed by atoms with E-state index in [4.69, 9.17) is 9.47 Å². The maximum atomic E-state index is 5.36. The van der Waals surface area contributed by atoms with Crippen molar-refractivity contribution in [2.24, 2.45) is 0 Å². The molecule has 0 fully saturated rings. The molecule has 0 unspecified atom stereocenters. The number of methoxy groups -OCH3 is 2. The summed E-state index contributed by atoms with van der Waals surface area (Å²) in [4.78, 5) is 9.27. The van der Waals surface area contributed by atoms with Gasteiger partial charge in [-0.1, -0.05) is 0 Å². The number of thioether (sulfide) groups is 1. The Labute approximate surface area is 129 Å². The van der Waals surface area contributed by atoms with Gasteiger partial charge in [-0.3, -0.25) is 0 Å². The van der Waals surface area contributed by atoms with Crippen molar-refractivity contribution >= 4 is 11.8 Å². The molecule has 0 aliphatic rings. The minimum Gasteiger partial charge on any atom is -0.493 e. The third-order valence-electron chi connectivity index (χ3n) is 3.05. The highest BCUT2D eigenvalue weighted by Crippen LogP contribution is 2.34. The van der Waals surface area contributed by atoms with E-state index in [1.54, 1.807) is 38.5 Å². The Balaban J connectivity index is 2.08. The summed E-state index contributed by atoms with van der Waals surface area (Å²) in [6.45, 7) is 1.44. The van der Waals surface area contributed by atoms with Crippen LogP contribution < -0.4 is 14.8 Å². The van der Waals surface area contributed by atoms with Gasteiger partial charge in [0.25, 0.3) is 0 Å². The molecule has 112 valence electrons. The quantitative estimate of drug-likeness (QED) is 0.793. The lowest BCUT2D eigenvalue weighted by Crippen LogP contribution is -2.14. The molecule has 2 rings (SSSR count). The van der Waals surface area contributed by atoms with E-state index in [0.717, 1.165) is 23.7 Å². The molecule has 1 N–H and O–H groups in total. The van der Waals surface area contributed by atoms with Crippen LogP contribution in [-0.4, -0.2) is 30.4 Å². The zero-order valence-electron chi connectivity index (χ0n) is 12.4. The Kier molecular flexibility index (Phi) is 5.83. The summed E-state index contributed by atoms with van der Waals surface area (Å²) in [6.07, 6.45) is 5.35. The van der Waals surface area contributed by atoms with Gasteiger partial charge in [0, 0.05) is 24.2 Å². The van der Waals surface area contributed by atoms with Gasteiger partial charge in [0.15, 0.2) is 11.5 Å². The zero-order chi connectivity index (χ0) is 15.1. The number of ether oxygens (including phenoxy) is 2. The second kappa shape index (κ2) is 7.85. The summed E-state index contributed by atoms with van der Waals surface area (Å²) < 4.78 is 10.7. The molecule has 0 radical (unpaired) electrons. The summed E-state index contributed by atoms with van der Waals surface area (Å²) in [7, 11) is 3.30. The van der Waals surface area contributed by atoms with Gasteiger partial charge in [-0.05, 0) is 30.0 Å². The van der Waals surface area contributed by atoms with Gasteiger partial charge in [-0.25, -0.2) is 9.97 Å². The zero-order valence-corrected chi connectivity index (χ0v) is 13.2. The van der Waals surface area contributed by atoms with Crippen LogP contribution in [0.2, 0.25) is 0 Å². The van der Waals surface area contributed by atoms with E-state index < -0.39 is 0 Å². The van der Waals surface area contributed by atoms with E-state index in [-0.39, 0.29) is 0 Å². The number of hydrogen-bond acceptors (Lipinski definition) is 6. The third-order valence-corrected chi connectivity index (χ3v) is 3.87. The Hall–Kier alpha value is -1.79. The van der Waals surface area contributed by atoms with E-state index in [9.17, 15) is 0 Å². The van der Waals surface area contributed by atoms with Crippen molar-refractivity contribution in [3.8, 4) is 11.5 Å². The third kappa shape index (κ3) is 4.09. The van der Waals surface area contributed by atoms with E-state index >= 15 is 0 Å². The summed E-state index contributed by atoms with van der Waals surface area (Å²) in [5.41, 5.74) is 2.14. The largest absolute Gasteiger partial charge is 0.493 e. The standard InChI is InChI=1S/C15H19N3O2S/c1-19-13-6-11(15(21-3)7-14(13)20-2)8-17-9-12-4-5-16-10-18-12/h4-7,10,17H,8-9H2,1-3H3. The lowest BCUT2D eigenvalue weighted by Gasteiger charge is -2.14. The van der Waals surface area contributed by atoms with Gasteiger partial charge < -0.3 is 14.8 Å². The molecule has 0 aliphatic carbocycles. The summed E-state index contributed by atoms with van der Waals surface area (Å²) in [5, 5.41) is 3.38. The van der Waals surface area contributed by atoms with Crippen molar-refractivity contribution in [2.45, 2.75) is 18.0 Å². The van der Waals surface area contributed by atoms with Gasteiger partial charge in [0.1, 0.15) is 6.33 Å². The molecule has 0 saturated carbocycles. The van der Waals surface area contributed by atoms with Gasteiger partial charge >= 0.3 is 0 Å². The molecule has 0 amide bonds. The minimum atomic E-state index is 0.699. The molecule has 0 bridgehead atoms. The van der Waals surface area contributed by atoms with Crippen LogP contribution in [0.5, 0.6) is 11.5 Å². The maximum absolute atomic E-state index is 5.36. The number of aromatic nitrogens is 2. The molecule has 1 aromatic heterocycles. The first-order valence-corrected chi connectivity index (χ1v) is 7.75. The molecule has 0 aliphatic heterocycles. The molecule has 6 heteroatoms. The van der Waals surface area contributed by atoms with Crippen molar-refractivity contribution in [3.05, 3.63) is 42.0 Å². The van der Waals surface area contributed by atoms with Crippen molar-refractivity contribution in [2.75, 3.05) is 20.5 Å². The summed E-state index contributed by atoms with van der Waals surface area (Å²) in [5.74, 6) is 1.50. The molecule has 0 spiro atoms. The van der Waals surface area contributed by atoms with Gasteiger partial charge in [0.2, 0.25) is 0 Å². The van der Waals surface area contributed by atoms with Crippen molar-refractivity contribution in [1.82, 2.24) is 15.3 Å². The van der Waals surface area contributed by atoms with Gasteiger partial charge in [-0.15, -0.1) is 11.8 Å². The van der Waals surface area contributed by atoms with E-state index in [1.807, 2.05) is 18.2 Å². The smallest absolute Gasteiger partial charge is 0.161 e. The van der Waals surface area contributed by atoms with Crippen LogP contribution in [0.25, 0.3) is 0 Å². The number of hydrogen-bond donors (Lipinski definition) is 1. The normalized spacial score (nSPS) is 10.4. The molecule has 2 aromatic rings. The molecule has 1 heterocycles. The van der Waals surface area contributed by atoms with Crippen LogP contribution in [0.15, 0.2) is 35.6 Å². The van der Waals surface area contributed by atoms with Crippen molar-refractivity contribution in [1.29, 1.82) is 0 Å². The Bertz CT molecular complexity index is 579. The topological polar surface area (TPSA) is 56.3 Å². The van der Waals surface area contributed by atoms with E-state index in [1.165, 1.54) is 10.5 Å². The number of benzene rings is 1. The highest BCUT2D eigenvalue weighted by molar-refractivity contribution is 7.98. The maximum Gasteiger partial charge on any atom is 0.161 e. The fourth-order valence-electron chi connectivity index (χ4n) is 1.98. The van der Waals surface area contributed by atoms with Crippen LogP contribution in [-0.2, 0) is 13.1 Å². The average Bonchev–Trinajstić information content (AvgIpc) is 2.55. The Morgan fingerprint density at radius 2 is 1.90 bits per heavy atom. The second-order valence-electron chi connectivity index (χ2n) is 4.32. The fraction of sp³-hybridized carbons (Fsp3) is 0.333. The van der Waals surface area contributed by atoms with Crippen LogP contribution in [0.4, 0.5) is 0 Å². The predicted octanol–water partition coefficient (Wildman–Crippen LogP) is 2.51. The number of nitrogens with zero attached hydrogens (tertiary/aromatic N) is 2. The van der Waals surface area contributed by atoms with Crippen LogP contribution in [0, 0.1) is 0 Å². The fourth-order valence-corrected chi connectivity index (χ4v) is 2.60. The summed E-state index contributed by atoms with van der Waals surface area (Å²) in [6, 6.07) is 5.92. The lowest BCUT2D eigenvalue weighted by atomic mass is 10.2. The lowest BCUT2D eigenvalue weighted by molar-refractivity contribution is 0.353. The van der Waals surface area contributed by atoms with E-state index in [2.05, 4.69) is 21.5 Å². The van der Waals surface area contributed by atoms with Crippen LogP contribution >= 0.6 is 11.8 Å². The molecule has 5 nitrogen and oxygen atoms in total. The predicted molar refractivity (Wildman–Crippen MR) is 83.9 cm³/mol.